The molecule has 0 spiro atoms. The number of carbonyl (C=O) groups excluding carboxylic acids is 2. The van der Waals surface area contributed by atoms with E-state index in [1.54, 1.807) is 18.5 Å². The van der Waals surface area contributed by atoms with Crippen LogP contribution in [0, 0.1) is 0 Å². The third-order valence-electron chi connectivity index (χ3n) is 4.21. The van der Waals surface area contributed by atoms with Gasteiger partial charge in [-0.3, -0.25) is 14.6 Å². The fourth-order valence-electron chi connectivity index (χ4n) is 2.82. The highest BCUT2D eigenvalue weighted by atomic mass is 32.2. The monoisotopic (exact) mass is 339 g/mol. The van der Waals surface area contributed by atoms with E-state index >= 15 is 0 Å². The number of hydrogen-bond acceptors (Lipinski definition) is 4. The molecule has 2 aromatic rings. The number of benzene rings is 1. The summed E-state index contributed by atoms with van der Waals surface area (Å²) in [5.74, 6) is 0.422. The average Bonchev–Trinajstić information content (AvgIpc) is 3.44. The van der Waals surface area contributed by atoms with E-state index < -0.39 is 0 Å². The molecule has 1 aromatic heterocycles. The average molecular weight is 339 g/mol. The van der Waals surface area contributed by atoms with Gasteiger partial charge in [0.2, 0.25) is 5.91 Å². The molecule has 0 bridgehead atoms. The number of fused-ring (bicyclic) bond motifs is 1. The van der Waals surface area contributed by atoms with Crippen LogP contribution >= 0.6 is 11.8 Å². The normalized spacial score (nSPS) is 16.2. The standard InChI is InChI=1S/C18H17N3O2S/c22-17-11-24-16-4-1-13(9-15(16)20-17)18(23)21(14-2-3-14)10-12-5-7-19-8-6-12/h1,4-9,14H,2-3,10-11H2,(H,20,22). The van der Waals surface area contributed by atoms with Crippen LogP contribution in [0.25, 0.3) is 0 Å². The third-order valence-corrected chi connectivity index (χ3v) is 5.28. The highest BCUT2D eigenvalue weighted by Gasteiger charge is 2.33. The van der Waals surface area contributed by atoms with Gasteiger partial charge in [-0.15, -0.1) is 11.8 Å². The molecule has 5 nitrogen and oxygen atoms in total. The molecule has 1 N–H and O–H groups in total. The van der Waals surface area contributed by atoms with Gasteiger partial charge in [-0.1, -0.05) is 0 Å². The molecule has 1 saturated carbocycles. The van der Waals surface area contributed by atoms with Crippen molar-refractivity contribution in [1.82, 2.24) is 9.88 Å². The van der Waals surface area contributed by atoms with Gasteiger partial charge in [0, 0.05) is 35.4 Å². The summed E-state index contributed by atoms with van der Waals surface area (Å²) in [5, 5.41) is 2.85. The first-order chi connectivity index (χ1) is 11.7. The number of rotatable bonds is 4. The highest BCUT2D eigenvalue weighted by molar-refractivity contribution is 8.00. The maximum atomic E-state index is 13.0. The lowest BCUT2D eigenvalue weighted by Crippen LogP contribution is -2.32. The number of amides is 2. The molecule has 1 aliphatic carbocycles. The van der Waals surface area contributed by atoms with Gasteiger partial charge >= 0.3 is 0 Å². The van der Waals surface area contributed by atoms with Crippen molar-refractivity contribution in [1.29, 1.82) is 0 Å². The Balaban J connectivity index is 1.59. The van der Waals surface area contributed by atoms with Gasteiger partial charge in [0.15, 0.2) is 0 Å². The summed E-state index contributed by atoms with van der Waals surface area (Å²) in [6.45, 7) is 0.588. The highest BCUT2D eigenvalue weighted by Crippen LogP contribution is 2.34. The smallest absolute Gasteiger partial charge is 0.254 e. The van der Waals surface area contributed by atoms with Crippen molar-refractivity contribution in [2.45, 2.75) is 30.3 Å². The molecule has 4 rings (SSSR count). The quantitative estimate of drug-likeness (QED) is 0.930. The van der Waals surface area contributed by atoms with Crippen LogP contribution in [0.2, 0.25) is 0 Å². The summed E-state index contributed by atoms with van der Waals surface area (Å²) in [6, 6.07) is 9.76. The van der Waals surface area contributed by atoms with E-state index in [1.807, 2.05) is 29.2 Å². The number of nitrogens with one attached hydrogen (secondary N) is 1. The summed E-state index contributed by atoms with van der Waals surface area (Å²) >= 11 is 1.50. The first-order valence-corrected chi connectivity index (χ1v) is 8.96. The van der Waals surface area contributed by atoms with E-state index in [0.717, 1.165) is 29.0 Å². The van der Waals surface area contributed by atoms with Crippen LogP contribution in [-0.2, 0) is 11.3 Å². The first-order valence-electron chi connectivity index (χ1n) is 7.97. The third kappa shape index (κ3) is 3.14. The predicted molar refractivity (Wildman–Crippen MR) is 92.9 cm³/mol. The van der Waals surface area contributed by atoms with Crippen LogP contribution in [0.1, 0.15) is 28.8 Å². The lowest BCUT2D eigenvalue weighted by molar-refractivity contribution is -0.113. The number of carbonyl (C=O) groups is 2. The molecule has 2 heterocycles. The number of anilines is 1. The largest absolute Gasteiger partial charge is 0.331 e. The number of aromatic nitrogens is 1. The van der Waals surface area contributed by atoms with Gasteiger partial charge < -0.3 is 10.2 Å². The van der Waals surface area contributed by atoms with E-state index in [4.69, 9.17) is 0 Å². The van der Waals surface area contributed by atoms with Crippen LogP contribution in [-0.4, -0.2) is 33.5 Å². The Morgan fingerprint density at radius 2 is 2.04 bits per heavy atom. The topological polar surface area (TPSA) is 62.3 Å². The second-order valence-corrected chi connectivity index (χ2v) is 7.08. The lowest BCUT2D eigenvalue weighted by atomic mass is 10.1. The van der Waals surface area contributed by atoms with Gasteiger partial charge in [0.1, 0.15) is 0 Å². The van der Waals surface area contributed by atoms with Gasteiger partial charge in [0.05, 0.1) is 11.4 Å². The van der Waals surface area contributed by atoms with Crippen molar-refractivity contribution in [3.05, 3.63) is 53.9 Å². The maximum absolute atomic E-state index is 13.0. The molecule has 24 heavy (non-hydrogen) atoms. The minimum Gasteiger partial charge on any atom is -0.331 e. The Kier molecular flexibility index (Phi) is 3.98. The van der Waals surface area contributed by atoms with Gasteiger partial charge in [0.25, 0.3) is 5.91 Å². The fourth-order valence-corrected chi connectivity index (χ4v) is 3.61. The van der Waals surface area contributed by atoms with Crippen molar-refractivity contribution < 1.29 is 9.59 Å². The Morgan fingerprint density at radius 1 is 1.25 bits per heavy atom. The van der Waals surface area contributed by atoms with Crippen LogP contribution < -0.4 is 5.32 Å². The summed E-state index contributed by atoms with van der Waals surface area (Å²) in [4.78, 5) is 31.5. The molecule has 1 fully saturated rings. The molecule has 0 atom stereocenters. The van der Waals surface area contributed by atoms with Crippen LogP contribution in [0.3, 0.4) is 0 Å². The maximum Gasteiger partial charge on any atom is 0.254 e. The molecule has 122 valence electrons. The van der Waals surface area contributed by atoms with Gasteiger partial charge in [-0.25, -0.2) is 0 Å². The van der Waals surface area contributed by atoms with Crippen molar-refractivity contribution in [3.8, 4) is 0 Å². The molecule has 2 aliphatic rings. The number of hydrogen-bond donors (Lipinski definition) is 1. The zero-order chi connectivity index (χ0) is 16.5. The summed E-state index contributed by atoms with van der Waals surface area (Å²) in [6.07, 6.45) is 5.59. The predicted octanol–water partition coefficient (Wildman–Crippen LogP) is 2.93. The fraction of sp³-hybridized carbons (Fsp3) is 0.278. The van der Waals surface area contributed by atoms with E-state index in [1.165, 1.54) is 11.8 Å². The zero-order valence-corrected chi connectivity index (χ0v) is 13.9. The van der Waals surface area contributed by atoms with Crippen LogP contribution in [0.4, 0.5) is 5.69 Å². The summed E-state index contributed by atoms with van der Waals surface area (Å²) in [5.41, 5.74) is 2.44. The van der Waals surface area contributed by atoms with E-state index in [0.29, 0.717) is 23.9 Å². The molecule has 2 amide bonds. The Labute approximate surface area is 144 Å². The van der Waals surface area contributed by atoms with Crippen molar-refractivity contribution >= 4 is 29.3 Å². The second kappa shape index (κ2) is 6.28. The molecular weight excluding hydrogens is 322 g/mol. The molecule has 0 unspecified atom stereocenters. The van der Waals surface area contributed by atoms with Crippen LogP contribution in [0.15, 0.2) is 47.6 Å². The SMILES string of the molecule is O=C1CSc2ccc(C(=O)N(Cc3ccncc3)C3CC3)cc2N1. The Hall–Kier alpha value is -2.34. The first kappa shape index (κ1) is 15.2. The minimum absolute atomic E-state index is 0.0157. The molecule has 0 radical (unpaired) electrons. The summed E-state index contributed by atoms with van der Waals surface area (Å²) in [7, 11) is 0. The van der Waals surface area contributed by atoms with E-state index in [-0.39, 0.29) is 11.8 Å². The van der Waals surface area contributed by atoms with Crippen molar-refractivity contribution in [2.75, 3.05) is 11.1 Å². The van der Waals surface area contributed by atoms with Crippen molar-refractivity contribution in [2.24, 2.45) is 0 Å². The van der Waals surface area contributed by atoms with Crippen molar-refractivity contribution in [3.63, 3.8) is 0 Å². The lowest BCUT2D eigenvalue weighted by Gasteiger charge is -2.24. The van der Waals surface area contributed by atoms with E-state index in [2.05, 4.69) is 10.3 Å². The molecule has 6 heteroatoms. The minimum atomic E-state index is -0.0204. The second-order valence-electron chi connectivity index (χ2n) is 6.07. The molecule has 0 saturated heterocycles. The molecule has 1 aromatic carbocycles. The Bertz CT molecular complexity index is 790. The zero-order valence-electron chi connectivity index (χ0n) is 13.1. The van der Waals surface area contributed by atoms with Gasteiger partial charge in [-0.05, 0) is 48.7 Å². The Morgan fingerprint density at radius 3 is 2.79 bits per heavy atom. The van der Waals surface area contributed by atoms with Crippen LogP contribution in [0.5, 0.6) is 0 Å². The van der Waals surface area contributed by atoms with E-state index in [9.17, 15) is 9.59 Å². The number of nitrogens with zero attached hydrogens (tertiary/aromatic N) is 2. The molecular formula is C18H17N3O2S. The summed E-state index contributed by atoms with van der Waals surface area (Å²) < 4.78 is 0. The van der Waals surface area contributed by atoms with Gasteiger partial charge in [-0.2, -0.15) is 0 Å². The number of pyridine rings is 1. The number of thioether (sulfide) groups is 1. The molecule has 1 aliphatic heterocycles.